The van der Waals surface area contributed by atoms with E-state index in [-0.39, 0.29) is 11.9 Å². The Morgan fingerprint density at radius 3 is 2.77 bits per heavy atom. The van der Waals surface area contributed by atoms with Crippen LogP contribution >= 0.6 is 0 Å². The number of nitrogens with one attached hydrogen (secondary N) is 3. The van der Waals surface area contributed by atoms with Crippen LogP contribution in [0.2, 0.25) is 0 Å². The predicted molar refractivity (Wildman–Crippen MR) is 135 cm³/mol. The lowest BCUT2D eigenvalue weighted by molar-refractivity contribution is -0.129. The van der Waals surface area contributed by atoms with Crippen LogP contribution in [-0.2, 0) is 17.8 Å². The highest BCUT2D eigenvalue weighted by molar-refractivity contribution is 5.92. The molecular formula is C25H34N8O2. The maximum atomic E-state index is 11.6. The van der Waals surface area contributed by atoms with Crippen molar-refractivity contribution in [1.82, 2.24) is 30.0 Å². The molecule has 2 aliphatic heterocycles. The number of hydrogen-bond acceptors (Lipinski definition) is 8. The van der Waals surface area contributed by atoms with Crippen molar-refractivity contribution in [2.75, 3.05) is 43.4 Å². The smallest absolute Gasteiger partial charge is 0.219 e. The van der Waals surface area contributed by atoms with Crippen LogP contribution in [-0.4, -0.2) is 85.8 Å². The highest BCUT2D eigenvalue weighted by Crippen LogP contribution is 2.25. The average Bonchev–Trinajstić information content (AvgIpc) is 3.28. The molecule has 186 valence electrons. The lowest BCUT2D eigenvalue weighted by Crippen LogP contribution is -2.41. The first-order valence-electron chi connectivity index (χ1n) is 12.5. The molecule has 1 atom stereocenters. The number of aromatic amines is 1. The summed E-state index contributed by atoms with van der Waals surface area (Å²) in [6.45, 7) is 6.26. The second-order valence-corrected chi connectivity index (χ2v) is 9.57. The maximum absolute atomic E-state index is 11.6. The van der Waals surface area contributed by atoms with Crippen LogP contribution in [0.15, 0.2) is 30.6 Å². The summed E-state index contributed by atoms with van der Waals surface area (Å²) in [7, 11) is 0. The quantitative estimate of drug-likeness (QED) is 0.388. The minimum atomic E-state index is -0.411. The second kappa shape index (κ2) is 10.6. The molecule has 1 amide bonds. The van der Waals surface area contributed by atoms with Crippen molar-refractivity contribution in [2.24, 2.45) is 0 Å². The number of aliphatic hydroxyl groups excluding tert-OH is 1. The van der Waals surface area contributed by atoms with Crippen molar-refractivity contribution >= 4 is 28.6 Å². The number of nitrogens with zero attached hydrogens (tertiary/aromatic N) is 5. The van der Waals surface area contributed by atoms with E-state index in [2.05, 4.69) is 60.0 Å². The number of carbonyl (C=O) groups excluding carboxylic acids is 1. The van der Waals surface area contributed by atoms with Crippen LogP contribution in [0.5, 0.6) is 0 Å². The third-order valence-corrected chi connectivity index (χ3v) is 7.08. The maximum Gasteiger partial charge on any atom is 0.219 e. The molecular weight excluding hydrogens is 444 g/mol. The summed E-state index contributed by atoms with van der Waals surface area (Å²) < 4.78 is 0. The van der Waals surface area contributed by atoms with Crippen LogP contribution in [0.3, 0.4) is 0 Å². The Hall–Kier alpha value is -3.24. The fourth-order valence-electron chi connectivity index (χ4n) is 5.06. The Morgan fingerprint density at radius 1 is 1.17 bits per heavy atom. The zero-order valence-corrected chi connectivity index (χ0v) is 20.2. The zero-order chi connectivity index (χ0) is 24.2. The van der Waals surface area contributed by atoms with Crippen LogP contribution in [0, 0.1) is 0 Å². The number of amides is 1. The van der Waals surface area contributed by atoms with E-state index >= 15 is 0 Å². The molecule has 0 unspecified atom stereocenters. The minimum absolute atomic E-state index is 0.128. The molecule has 35 heavy (non-hydrogen) atoms. The number of carbonyl (C=O) groups is 1. The molecule has 5 rings (SSSR count). The summed E-state index contributed by atoms with van der Waals surface area (Å²) in [4.78, 5) is 24.6. The van der Waals surface area contributed by atoms with Gasteiger partial charge in [-0.1, -0.05) is 24.3 Å². The molecule has 2 aliphatic rings. The molecule has 1 fully saturated rings. The van der Waals surface area contributed by atoms with Gasteiger partial charge in [0.1, 0.15) is 17.4 Å². The van der Waals surface area contributed by atoms with Gasteiger partial charge >= 0.3 is 0 Å². The topological polar surface area (TPSA) is 122 Å². The first-order chi connectivity index (χ1) is 17.1. The van der Waals surface area contributed by atoms with Gasteiger partial charge in [0.15, 0.2) is 11.6 Å². The fraction of sp³-hybridized carbons (Fsp3) is 0.520. The van der Waals surface area contributed by atoms with E-state index < -0.39 is 6.10 Å². The van der Waals surface area contributed by atoms with Gasteiger partial charge in [-0.15, -0.1) is 0 Å². The van der Waals surface area contributed by atoms with Crippen LogP contribution < -0.4 is 10.6 Å². The summed E-state index contributed by atoms with van der Waals surface area (Å²) in [6.07, 6.45) is 4.55. The normalized spacial score (nSPS) is 17.8. The molecule has 4 N–H and O–H groups in total. The van der Waals surface area contributed by atoms with Gasteiger partial charge in [0.05, 0.1) is 6.10 Å². The van der Waals surface area contributed by atoms with Crippen molar-refractivity contribution in [3.63, 3.8) is 0 Å². The van der Waals surface area contributed by atoms with Gasteiger partial charge < -0.3 is 20.6 Å². The number of anilines is 2. The largest absolute Gasteiger partial charge is 0.392 e. The van der Waals surface area contributed by atoms with Gasteiger partial charge in [-0.2, -0.15) is 5.10 Å². The standard InChI is InChI=1S/C25H34N8O2/c1-17(34)33-12-8-20(9-13-33)29-24-23-22(27-16-28-24)25(31-30-23)26-10-6-21(35)15-32-11-7-18-4-2-3-5-19(18)14-32/h2-5,16,20-21,35H,6-15H2,1H3,(H2,26,30,31)(H,27,28,29)/t21-/m1/s1. The van der Waals surface area contributed by atoms with E-state index in [0.717, 1.165) is 62.3 Å². The highest BCUT2D eigenvalue weighted by Gasteiger charge is 2.22. The SMILES string of the molecule is CC(=O)N1CCC(Nc2ncnc3c(NCC[C@@H](O)CN4CCc5ccccc5C4)n[nH]c23)CC1. The number of β-amino-alcohol motifs (C(OH)–C–C–N with tert-alkyl or cyclic N) is 1. The van der Waals surface area contributed by atoms with Crippen molar-refractivity contribution < 1.29 is 9.90 Å². The second-order valence-electron chi connectivity index (χ2n) is 9.57. The van der Waals surface area contributed by atoms with Gasteiger partial charge in [0, 0.05) is 52.2 Å². The lowest BCUT2D eigenvalue weighted by atomic mass is 9.99. The number of benzene rings is 1. The number of aromatic nitrogens is 4. The molecule has 1 saturated heterocycles. The number of piperidine rings is 1. The molecule has 3 aromatic rings. The fourth-order valence-corrected chi connectivity index (χ4v) is 5.06. The number of aliphatic hydroxyl groups is 1. The highest BCUT2D eigenvalue weighted by atomic mass is 16.3. The molecule has 10 nitrogen and oxygen atoms in total. The Kier molecular flexibility index (Phi) is 7.10. The van der Waals surface area contributed by atoms with Crippen LogP contribution in [0.4, 0.5) is 11.6 Å². The van der Waals surface area contributed by atoms with E-state index in [1.54, 1.807) is 13.3 Å². The molecule has 1 aromatic carbocycles. The van der Waals surface area contributed by atoms with Gasteiger partial charge in [0.2, 0.25) is 5.91 Å². The van der Waals surface area contributed by atoms with Crippen molar-refractivity contribution in [3.8, 4) is 0 Å². The summed E-state index contributed by atoms with van der Waals surface area (Å²) >= 11 is 0. The van der Waals surface area contributed by atoms with E-state index in [1.165, 1.54) is 11.1 Å². The summed E-state index contributed by atoms with van der Waals surface area (Å²) in [6, 6.07) is 8.80. The molecule has 0 aliphatic carbocycles. The monoisotopic (exact) mass is 478 g/mol. The Bertz CT molecular complexity index is 1160. The summed E-state index contributed by atoms with van der Waals surface area (Å²) in [5.41, 5.74) is 4.27. The number of H-pyrrole nitrogens is 1. The molecule has 0 radical (unpaired) electrons. The lowest BCUT2D eigenvalue weighted by Gasteiger charge is -2.31. The predicted octanol–water partition coefficient (Wildman–Crippen LogP) is 2.00. The number of rotatable bonds is 8. The van der Waals surface area contributed by atoms with Gasteiger partial charge in [0.25, 0.3) is 0 Å². The van der Waals surface area contributed by atoms with Crippen LogP contribution in [0.1, 0.15) is 37.3 Å². The van der Waals surface area contributed by atoms with Gasteiger partial charge in [-0.05, 0) is 36.8 Å². The van der Waals surface area contributed by atoms with Crippen LogP contribution in [0.25, 0.3) is 11.0 Å². The average molecular weight is 479 g/mol. The number of fused-ring (bicyclic) bond motifs is 2. The minimum Gasteiger partial charge on any atom is -0.392 e. The summed E-state index contributed by atoms with van der Waals surface area (Å²) in [5.74, 6) is 1.52. The van der Waals surface area contributed by atoms with Gasteiger partial charge in [-0.3, -0.25) is 14.8 Å². The van der Waals surface area contributed by atoms with E-state index in [0.29, 0.717) is 25.3 Å². The first-order valence-corrected chi connectivity index (χ1v) is 12.5. The molecule has 0 spiro atoms. The van der Waals surface area contributed by atoms with E-state index in [9.17, 15) is 9.90 Å². The van der Waals surface area contributed by atoms with Crippen molar-refractivity contribution in [2.45, 2.75) is 51.3 Å². The van der Waals surface area contributed by atoms with Gasteiger partial charge in [-0.25, -0.2) is 9.97 Å². The Morgan fingerprint density at radius 2 is 1.97 bits per heavy atom. The zero-order valence-electron chi connectivity index (χ0n) is 20.2. The van der Waals surface area contributed by atoms with E-state index in [4.69, 9.17) is 0 Å². The van der Waals surface area contributed by atoms with Crippen molar-refractivity contribution in [3.05, 3.63) is 41.7 Å². The Balaban J connectivity index is 1.12. The van der Waals surface area contributed by atoms with Crippen molar-refractivity contribution in [1.29, 1.82) is 0 Å². The molecule has 4 heterocycles. The number of likely N-dealkylation sites (tertiary alicyclic amines) is 1. The van der Waals surface area contributed by atoms with E-state index in [1.807, 2.05) is 4.90 Å². The first kappa shape index (κ1) is 23.5. The Labute approximate surface area is 205 Å². The summed E-state index contributed by atoms with van der Waals surface area (Å²) in [5, 5.41) is 24.9. The number of hydrogen-bond donors (Lipinski definition) is 4. The molecule has 2 aromatic heterocycles. The molecule has 0 saturated carbocycles. The third-order valence-electron chi connectivity index (χ3n) is 7.08. The molecule has 0 bridgehead atoms. The molecule has 10 heteroatoms. The third kappa shape index (κ3) is 5.54.